The summed E-state index contributed by atoms with van der Waals surface area (Å²) in [5.41, 5.74) is 0.450. The first-order valence-electron chi connectivity index (χ1n) is 6.07. The summed E-state index contributed by atoms with van der Waals surface area (Å²) >= 11 is 1.63. The summed E-state index contributed by atoms with van der Waals surface area (Å²) in [5, 5.41) is 9.80. The first kappa shape index (κ1) is 14.6. The van der Waals surface area contributed by atoms with Crippen molar-refractivity contribution in [2.24, 2.45) is 0 Å². The average molecular weight is 294 g/mol. The summed E-state index contributed by atoms with van der Waals surface area (Å²) in [6, 6.07) is 4.22. The molecule has 4 nitrogen and oxygen atoms in total. The molecule has 1 N–H and O–H groups in total. The Morgan fingerprint density at radius 1 is 1.45 bits per heavy atom. The van der Waals surface area contributed by atoms with Gasteiger partial charge in [-0.05, 0) is 31.7 Å². The molecule has 0 amide bonds. The molecule has 0 aliphatic heterocycles. The predicted octanol–water partition coefficient (Wildman–Crippen LogP) is 2.92. The Labute approximate surface area is 120 Å². The molecule has 0 radical (unpaired) electrons. The van der Waals surface area contributed by atoms with E-state index in [9.17, 15) is 9.18 Å². The molecule has 0 saturated heterocycles. The molecule has 1 aromatic heterocycles. The van der Waals surface area contributed by atoms with Crippen LogP contribution < -0.4 is 0 Å². The van der Waals surface area contributed by atoms with Crippen LogP contribution in [0, 0.1) is 12.7 Å². The third-order valence-electron chi connectivity index (χ3n) is 2.81. The van der Waals surface area contributed by atoms with Gasteiger partial charge in [-0.2, -0.15) is 0 Å². The number of aromatic carboxylic acids is 1. The number of carboxylic acids is 1. The van der Waals surface area contributed by atoms with Crippen molar-refractivity contribution < 1.29 is 14.3 Å². The number of carboxylic acid groups (broad SMARTS) is 1. The molecule has 0 saturated carbocycles. The second-order valence-corrected chi connectivity index (χ2v) is 5.96. The van der Waals surface area contributed by atoms with Crippen LogP contribution in [0.3, 0.4) is 0 Å². The van der Waals surface area contributed by atoms with Crippen LogP contribution in [-0.2, 0) is 13.1 Å². The highest BCUT2D eigenvalue weighted by atomic mass is 32.1. The second-order valence-electron chi connectivity index (χ2n) is 4.64. The maximum absolute atomic E-state index is 13.6. The smallest absolute Gasteiger partial charge is 0.338 e. The quantitative estimate of drug-likeness (QED) is 0.921. The Morgan fingerprint density at radius 2 is 2.20 bits per heavy atom. The van der Waals surface area contributed by atoms with Crippen LogP contribution in [-0.4, -0.2) is 28.0 Å². The minimum atomic E-state index is -1.25. The van der Waals surface area contributed by atoms with E-state index in [0.29, 0.717) is 6.54 Å². The zero-order valence-corrected chi connectivity index (χ0v) is 12.1. The lowest BCUT2D eigenvalue weighted by atomic mass is 10.1. The molecule has 0 spiro atoms. The molecule has 0 bridgehead atoms. The minimum Gasteiger partial charge on any atom is -0.478 e. The number of hydrogen-bond donors (Lipinski definition) is 1. The molecular weight excluding hydrogens is 279 g/mol. The number of aryl methyl sites for hydroxylation is 1. The molecule has 6 heteroatoms. The number of carbonyl (C=O) groups is 1. The summed E-state index contributed by atoms with van der Waals surface area (Å²) in [4.78, 5) is 18.1. The average Bonchev–Trinajstić information content (AvgIpc) is 2.74. The number of thiazole rings is 1. The standard InChI is InChI=1S/C14H15FN2O2S/c1-9-16-6-11(20-9)8-17(2)7-10-3-4-12(14(18)19)13(15)5-10/h3-6H,7-8H2,1-2H3,(H,18,19). The van der Waals surface area contributed by atoms with Gasteiger partial charge in [0.15, 0.2) is 0 Å². The lowest BCUT2D eigenvalue weighted by Gasteiger charge is -2.15. The third kappa shape index (κ3) is 3.61. The van der Waals surface area contributed by atoms with Crippen LogP contribution in [0.1, 0.15) is 25.8 Å². The molecule has 2 aromatic rings. The Morgan fingerprint density at radius 3 is 2.75 bits per heavy atom. The fourth-order valence-electron chi connectivity index (χ4n) is 1.94. The SMILES string of the molecule is Cc1ncc(CN(C)Cc2ccc(C(=O)O)c(F)c2)s1. The number of rotatable bonds is 5. The van der Waals surface area contributed by atoms with Gasteiger partial charge in [0.25, 0.3) is 0 Å². The van der Waals surface area contributed by atoms with Crippen LogP contribution in [0.5, 0.6) is 0 Å². The molecule has 0 unspecified atom stereocenters. The molecule has 0 atom stereocenters. The van der Waals surface area contributed by atoms with E-state index < -0.39 is 11.8 Å². The Hall–Kier alpha value is -1.79. The number of halogens is 1. The van der Waals surface area contributed by atoms with E-state index in [0.717, 1.165) is 22.0 Å². The van der Waals surface area contributed by atoms with E-state index in [1.165, 1.54) is 12.1 Å². The summed E-state index contributed by atoms with van der Waals surface area (Å²) in [6.07, 6.45) is 1.84. The fourth-order valence-corrected chi connectivity index (χ4v) is 2.82. The van der Waals surface area contributed by atoms with Crippen molar-refractivity contribution in [2.45, 2.75) is 20.0 Å². The topological polar surface area (TPSA) is 53.4 Å². The highest BCUT2D eigenvalue weighted by Crippen LogP contribution is 2.16. The van der Waals surface area contributed by atoms with Crippen LogP contribution in [0.25, 0.3) is 0 Å². The fraction of sp³-hybridized carbons (Fsp3) is 0.286. The third-order valence-corrected chi connectivity index (χ3v) is 3.71. The van der Waals surface area contributed by atoms with E-state index in [2.05, 4.69) is 4.98 Å². The number of benzene rings is 1. The molecule has 1 aromatic carbocycles. The van der Waals surface area contributed by atoms with Gasteiger partial charge in [-0.3, -0.25) is 4.90 Å². The van der Waals surface area contributed by atoms with E-state index >= 15 is 0 Å². The number of aromatic nitrogens is 1. The van der Waals surface area contributed by atoms with E-state index in [-0.39, 0.29) is 5.56 Å². The molecule has 20 heavy (non-hydrogen) atoms. The van der Waals surface area contributed by atoms with Crippen LogP contribution in [0.15, 0.2) is 24.4 Å². The first-order valence-corrected chi connectivity index (χ1v) is 6.89. The maximum atomic E-state index is 13.6. The van der Waals surface area contributed by atoms with Gasteiger partial charge in [0.1, 0.15) is 5.82 Å². The first-order chi connectivity index (χ1) is 9.45. The Bertz CT molecular complexity index is 627. The Kier molecular flexibility index (Phi) is 4.46. The van der Waals surface area contributed by atoms with Gasteiger partial charge >= 0.3 is 5.97 Å². The summed E-state index contributed by atoms with van der Waals surface area (Å²) in [5.74, 6) is -1.94. The largest absolute Gasteiger partial charge is 0.478 e. The zero-order valence-electron chi connectivity index (χ0n) is 11.3. The van der Waals surface area contributed by atoms with E-state index in [1.807, 2.05) is 25.1 Å². The van der Waals surface area contributed by atoms with Gasteiger partial charge < -0.3 is 5.11 Å². The highest BCUT2D eigenvalue weighted by Gasteiger charge is 2.11. The second kappa shape index (κ2) is 6.11. The normalized spacial score (nSPS) is 11.0. The van der Waals surface area contributed by atoms with Gasteiger partial charge in [0, 0.05) is 24.2 Å². The van der Waals surface area contributed by atoms with E-state index in [4.69, 9.17) is 5.11 Å². The minimum absolute atomic E-state index is 0.297. The summed E-state index contributed by atoms with van der Waals surface area (Å²) in [6.45, 7) is 3.23. The summed E-state index contributed by atoms with van der Waals surface area (Å²) in [7, 11) is 1.93. The molecule has 1 heterocycles. The van der Waals surface area contributed by atoms with Gasteiger partial charge in [-0.1, -0.05) is 6.07 Å². The predicted molar refractivity (Wildman–Crippen MR) is 75.4 cm³/mol. The molecular formula is C14H15FN2O2S. The van der Waals surface area contributed by atoms with Crippen molar-refractivity contribution in [1.29, 1.82) is 0 Å². The van der Waals surface area contributed by atoms with Crippen LogP contribution >= 0.6 is 11.3 Å². The zero-order chi connectivity index (χ0) is 14.7. The molecule has 2 rings (SSSR count). The van der Waals surface area contributed by atoms with Crippen molar-refractivity contribution in [2.75, 3.05) is 7.05 Å². The monoisotopic (exact) mass is 294 g/mol. The molecule has 0 aliphatic rings. The van der Waals surface area contributed by atoms with E-state index in [1.54, 1.807) is 17.4 Å². The molecule has 106 valence electrons. The molecule has 0 aliphatic carbocycles. The van der Waals surface area contributed by atoms with Gasteiger partial charge in [0.05, 0.1) is 10.6 Å². The van der Waals surface area contributed by atoms with Gasteiger partial charge in [-0.25, -0.2) is 14.2 Å². The highest BCUT2D eigenvalue weighted by molar-refractivity contribution is 7.11. The lowest BCUT2D eigenvalue weighted by Crippen LogP contribution is -2.17. The van der Waals surface area contributed by atoms with Crippen molar-refractivity contribution >= 4 is 17.3 Å². The number of nitrogens with zero attached hydrogens (tertiary/aromatic N) is 2. The lowest BCUT2D eigenvalue weighted by molar-refractivity contribution is 0.0692. The Balaban J connectivity index is 2.02. The van der Waals surface area contributed by atoms with Crippen molar-refractivity contribution in [3.63, 3.8) is 0 Å². The van der Waals surface area contributed by atoms with Crippen LogP contribution in [0.4, 0.5) is 4.39 Å². The van der Waals surface area contributed by atoms with Crippen LogP contribution in [0.2, 0.25) is 0 Å². The van der Waals surface area contributed by atoms with Crippen molar-refractivity contribution in [1.82, 2.24) is 9.88 Å². The van der Waals surface area contributed by atoms with Gasteiger partial charge in [-0.15, -0.1) is 11.3 Å². The van der Waals surface area contributed by atoms with Gasteiger partial charge in [0.2, 0.25) is 0 Å². The maximum Gasteiger partial charge on any atom is 0.338 e. The van der Waals surface area contributed by atoms with Crippen molar-refractivity contribution in [3.8, 4) is 0 Å². The van der Waals surface area contributed by atoms with Crippen molar-refractivity contribution in [3.05, 3.63) is 51.2 Å². The molecule has 0 fully saturated rings. The number of hydrogen-bond acceptors (Lipinski definition) is 4. The summed E-state index contributed by atoms with van der Waals surface area (Å²) < 4.78 is 13.6.